The van der Waals surface area contributed by atoms with Gasteiger partial charge in [-0.2, -0.15) is 0 Å². The van der Waals surface area contributed by atoms with E-state index < -0.39 is 15.9 Å². The van der Waals surface area contributed by atoms with E-state index in [1.54, 1.807) is 0 Å². The fraction of sp³-hybridized carbons (Fsp3) is 0.538. The lowest BCUT2D eigenvalue weighted by Gasteiger charge is -2.17. The highest BCUT2D eigenvalue weighted by Crippen LogP contribution is 2.26. The summed E-state index contributed by atoms with van der Waals surface area (Å²) in [4.78, 5) is 0. The summed E-state index contributed by atoms with van der Waals surface area (Å²) in [6.07, 6.45) is 2.62. The predicted molar refractivity (Wildman–Crippen MR) is 70.5 cm³/mol. The van der Waals surface area contributed by atoms with E-state index in [1.165, 1.54) is 17.5 Å². The third-order valence-corrected chi connectivity index (χ3v) is 5.49. The Hall–Kier alpha value is -1.07. The number of benzene rings is 1. The zero-order valence-corrected chi connectivity index (χ0v) is 10.9. The number of nitrogens with one attached hydrogen (secondary N) is 1. The summed E-state index contributed by atoms with van der Waals surface area (Å²) in [5.41, 5.74) is 3.65. The van der Waals surface area contributed by atoms with E-state index >= 15 is 0 Å². The van der Waals surface area contributed by atoms with Crippen LogP contribution in [0.2, 0.25) is 0 Å². The third kappa shape index (κ3) is 2.24. The molecule has 2 atom stereocenters. The molecule has 0 saturated carbocycles. The van der Waals surface area contributed by atoms with Crippen LogP contribution in [0.4, 0.5) is 5.69 Å². The zero-order chi connectivity index (χ0) is 12.8. The van der Waals surface area contributed by atoms with Crippen LogP contribution < -0.4 is 5.32 Å². The summed E-state index contributed by atoms with van der Waals surface area (Å²) in [5.74, 6) is -0.110. The van der Waals surface area contributed by atoms with Crippen molar-refractivity contribution in [3.8, 4) is 0 Å². The highest BCUT2D eigenvalue weighted by molar-refractivity contribution is 7.91. The first-order valence-electron chi connectivity index (χ1n) is 6.30. The van der Waals surface area contributed by atoms with Gasteiger partial charge in [-0.15, -0.1) is 0 Å². The molecule has 0 amide bonds. The van der Waals surface area contributed by atoms with Gasteiger partial charge in [0, 0.05) is 5.69 Å². The Balaban J connectivity index is 1.77. The Kier molecular flexibility index (Phi) is 2.83. The Morgan fingerprint density at radius 2 is 1.94 bits per heavy atom. The lowest BCUT2D eigenvalue weighted by Crippen LogP contribution is -2.31. The van der Waals surface area contributed by atoms with Crippen molar-refractivity contribution in [3.05, 3.63) is 29.3 Å². The summed E-state index contributed by atoms with van der Waals surface area (Å²) >= 11 is 0. The first kappa shape index (κ1) is 12.0. The van der Waals surface area contributed by atoms with Crippen molar-refractivity contribution in [2.45, 2.75) is 31.4 Å². The van der Waals surface area contributed by atoms with E-state index in [9.17, 15) is 13.5 Å². The Labute approximate surface area is 107 Å². The zero-order valence-electron chi connectivity index (χ0n) is 10.1. The number of anilines is 1. The van der Waals surface area contributed by atoms with Crippen molar-refractivity contribution >= 4 is 15.5 Å². The van der Waals surface area contributed by atoms with Gasteiger partial charge in [-0.3, -0.25) is 0 Å². The molecule has 1 aromatic carbocycles. The summed E-state index contributed by atoms with van der Waals surface area (Å²) in [5, 5.41) is 12.9. The summed E-state index contributed by atoms with van der Waals surface area (Å²) in [6, 6.07) is 5.77. The molecular formula is C13H17NO3S. The van der Waals surface area contributed by atoms with Crippen molar-refractivity contribution in [2.24, 2.45) is 0 Å². The molecule has 2 N–H and O–H groups in total. The number of rotatable bonds is 2. The van der Waals surface area contributed by atoms with Crippen molar-refractivity contribution in [2.75, 3.05) is 16.8 Å². The Morgan fingerprint density at radius 3 is 2.67 bits per heavy atom. The van der Waals surface area contributed by atoms with Gasteiger partial charge < -0.3 is 10.4 Å². The number of sulfone groups is 1. The molecule has 1 aliphatic carbocycles. The standard InChI is InChI=1S/C13H17NO3S/c15-13-8-18(16,17)7-12(13)14-11-5-4-9-2-1-3-10(9)6-11/h4-6,12-15H,1-3,7-8H2. The number of aryl methyl sites for hydroxylation is 2. The lowest BCUT2D eigenvalue weighted by atomic mass is 10.1. The van der Waals surface area contributed by atoms with Crippen LogP contribution in [0.25, 0.3) is 0 Å². The van der Waals surface area contributed by atoms with Gasteiger partial charge in [0.15, 0.2) is 9.84 Å². The second-order valence-electron chi connectivity index (χ2n) is 5.23. The molecule has 1 fully saturated rings. The minimum atomic E-state index is -3.09. The van der Waals surface area contributed by atoms with E-state index in [4.69, 9.17) is 0 Å². The second-order valence-corrected chi connectivity index (χ2v) is 7.39. The van der Waals surface area contributed by atoms with Gasteiger partial charge in [0.25, 0.3) is 0 Å². The van der Waals surface area contributed by atoms with Crippen molar-refractivity contribution in [1.82, 2.24) is 0 Å². The quantitative estimate of drug-likeness (QED) is 0.829. The largest absolute Gasteiger partial charge is 0.390 e. The van der Waals surface area contributed by atoms with Gasteiger partial charge in [-0.1, -0.05) is 6.07 Å². The minimum Gasteiger partial charge on any atom is -0.390 e. The van der Waals surface area contributed by atoms with Crippen molar-refractivity contribution in [3.63, 3.8) is 0 Å². The molecule has 2 unspecified atom stereocenters. The number of fused-ring (bicyclic) bond motifs is 1. The van der Waals surface area contributed by atoms with Crippen LogP contribution in [0.3, 0.4) is 0 Å². The van der Waals surface area contributed by atoms with Gasteiger partial charge in [-0.25, -0.2) is 8.42 Å². The van der Waals surface area contributed by atoms with Crippen LogP contribution >= 0.6 is 0 Å². The van der Waals surface area contributed by atoms with E-state index in [-0.39, 0.29) is 17.5 Å². The molecule has 1 saturated heterocycles. The van der Waals surface area contributed by atoms with E-state index in [2.05, 4.69) is 17.4 Å². The normalized spacial score (nSPS) is 29.2. The number of aliphatic hydroxyl groups excluding tert-OH is 1. The topological polar surface area (TPSA) is 66.4 Å². The third-order valence-electron chi connectivity index (χ3n) is 3.77. The highest BCUT2D eigenvalue weighted by atomic mass is 32.2. The van der Waals surface area contributed by atoms with Crippen LogP contribution in [0.1, 0.15) is 17.5 Å². The first-order chi connectivity index (χ1) is 8.53. The molecule has 0 radical (unpaired) electrons. The average molecular weight is 267 g/mol. The molecule has 0 aromatic heterocycles. The highest BCUT2D eigenvalue weighted by Gasteiger charge is 2.36. The molecule has 1 aromatic rings. The summed E-state index contributed by atoms with van der Waals surface area (Å²) in [7, 11) is -3.09. The van der Waals surface area contributed by atoms with Gasteiger partial charge >= 0.3 is 0 Å². The van der Waals surface area contributed by atoms with E-state index in [0.29, 0.717) is 0 Å². The van der Waals surface area contributed by atoms with Gasteiger partial charge in [0.1, 0.15) is 0 Å². The van der Waals surface area contributed by atoms with E-state index in [1.807, 2.05) is 6.07 Å². The van der Waals surface area contributed by atoms with Crippen molar-refractivity contribution in [1.29, 1.82) is 0 Å². The second kappa shape index (κ2) is 4.24. The Bertz CT molecular complexity index is 568. The minimum absolute atomic E-state index is 0.0191. The van der Waals surface area contributed by atoms with Crippen LogP contribution in [0, 0.1) is 0 Å². The number of hydrogen-bond acceptors (Lipinski definition) is 4. The molecule has 2 aliphatic rings. The molecule has 1 aliphatic heterocycles. The molecule has 0 bridgehead atoms. The maximum atomic E-state index is 11.4. The lowest BCUT2D eigenvalue weighted by molar-refractivity contribution is 0.190. The monoisotopic (exact) mass is 267 g/mol. The molecule has 5 heteroatoms. The molecular weight excluding hydrogens is 250 g/mol. The maximum absolute atomic E-state index is 11.4. The van der Waals surface area contributed by atoms with Crippen LogP contribution in [0.5, 0.6) is 0 Å². The molecule has 98 valence electrons. The van der Waals surface area contributed by atoms with Crippen LogP contribution in [-0.2, 0) is 22.7 Å². The van der Waals surface area contributed by atoms with Crippen molar-refractivity contribution < 1.29 is 13.5 Å². The molecule has 1 heterocycles. The Morgan fingerprint density at radius 1 is 1.17 bits per heavy atom. The molecule has 3 rings (SSSR count). The van der Waals surface area contributed by atoms with Crippen LogP contribution in [0.15, 0.2) is 18.2 Å². The summed E-state index contributed by atoms with van der Waals surface area (Å²) < 4.78 is 22.9. The predicted octanol–water partition coefficient (Wildman–Crippen LogP) is 0.745. The van der Waals surface area contributed by atoms with Gasteiger partial charge in [0.2, 0.25) is 0 Å². The summed E-state index contributed by atoms with van der Waals surface area (Å²) in [6.45, 7) is 0. The van der Waals surface area contributed by atoms with Crippen LogP contribution in [-0.4, -0.2) is 37.2 Å². The fourth-order valence-electron chi connectivity index (χ4n) is 2.84. The van der Waals surface area contributed by atoms with Gasteiger partial charge in [-0.05, 0) is 42.5 Å². The molecule has 4 nitrogen and oxygen atoms in total. The van der Waals surface area contributed by atoms with E-state index in [0.717, 1.165) is 18.5 Å². The molecule has 18 heavy (non-hydrogen) atoms. The number of hydrogen-bond donors (Lipinski definition) is 2. The fourth-order valence-corrected chi connectivity index (χ4v) is 4.58. The smallest absolute Gasteiger partial charge is 0.155 e. The first-order valence-corrected chi connectivity index (χ1v) is 8.12. The number of aliphatic hydroxyl groups is 1. The average Bonchev–Trinajstić information content (AvgIpc) is 2.83. The SMILES string of the molecule is O=S1(=O)CC(O)C(Nc2ccc3c(c2)CCC3)C1. The van der Waals surface area contributed by atoms with Gasteiger partial charge in [0.05, 0.1) is 23.7 Å². The maximum Gasteiger partial charge on any atom is 0.155 e. The molecule has 0 spiro atoms.